The Morgan fingerprint density at radius 1 is 0.683 bits per heavy atom. The van der Waals surface area contributed by atoms with Gasteiger partial charge in [0.25, 0.3) is 0 Å². The van der Waals surface area contributed by atoms with E-state index < -0.39 is 24.3 Å². The maximum absolute atomic E-state index is 14.0. The average molecular weight is 815 g/mol. The van der Waals surface area contributed by atoms with Crippen LogP contribution in [0.25, 0.3) is 44.4 Å². The smallest absolute Gasteiger partial charge is 0.407 e. The molecule has 4 N–H and O–H groups in total. The Balaban J connectivity index is 0.955. The second-order valence-corrected chi connectivity index (χ2v) is 17.0. The van der Waals surface area contributed by atoms with Crippen molar-refractivity contribution in [3.05, 3.63) is 84.7 Å². The molecule has 2 aliphatic heterocycles. The van der Waals surface area contributed by atoms with Crippen molar-refractivity contribution < 1.29 is 28.7 Å². The lowest BCUT2D eigenvalue weighted by Gasteiger charge is -2.37. The molecule has 4 heterocycles. The molecular formula is C46H54N8O6. The number of piperidine rings is 1. The minimum Gasteiger partial charge on any atom is -0.453 e. The molecule has 2 saturated heterocycles. The van der Waals surface area contributed by atoms with E-state index in [4.69, 9.17) is 19.4 Å². The van der Waals surface area contributed by atoms with Crippen LogP contribution in [0, 0.1) is 17.8 Å². The minimum absolute atomic E-state index is 0.0917. The Morgan fingerprint density at radius 3 is 1.88 bits per heavy atom. The summed E-state index contributed by atoms with van der Waals surface area (Å²) in [7, 11) is 2.60. The SMILES string of the molecule is COC(=O)N[C@H](C(=O)N1CCC[C@H]1c1ncc(-c2ccc(-c3ccc4cc(-c5cnc(C6[C@H]7CC[C@H](C7)N6C(=O)[C@@H](NC(=O)OC)C(C)C)[nH]5)ccc4c3)cc2)[nH]1)C(C)C. The molecule has 2 bridgehead atoms. The van der Waals surface area contributed by atoms with Crippen LogP contribution in [-0.2, 0) is 19.1 Å². The first-order valence-corrected chi connectivity index (χ1v) is 21.0. The number of methoxy groups -OCH3 is 2. The molecule has 314 valence electrons. The highest BCUT2D eigenvalue weighted by Crippen LogP contribution is 2.50. The highest BCUT2D eigenvalue weighted by atomic mass is 16.5. The first-order chi connectivity index (χ1) is 28.9. The molecule has 8 rings (SSSR count). The van der Waals surface area contributed by atoms with Crippen molar-refractivity contribution in [2.45, 2.75) is 90.0 Å². The Kier molecular flexibility index (Phi) is 11.4. The van der Waals surface area contributed by atoms with Crippen LogP contribution in [0.1, 0.15) is 83.5 Å². The summed E-state index contributed by atoms with van der Waals surface area (Å²) in [6.07, 6.45) is 7.00. The summed E-state index contributed by atoms with van der Waals surface area (Å²) in [5, 5.41) is 7.67. The van der Waals surface area contributed by atoms with E-state index in [0.29, 0.717) is 12.5 Å². The van der Waals surface area contributed by atoms with E-state index in [0.717, 1.165) is 88.2 Å². The van der Waals surface area contributed by atoms with Crippen molar-refractivity contribution in [1.29, 1.82) is 0 Å². The van der Waals surface area contributed by atoms with Gasteiger partial charge in [-0.2, -0.15) is 0 Å². The number of benzene rings is 3. The Hall–Kier alpha value is -6.18. The highest BCUT2D eigenvalue weighted by Gasteiger charge is 2.51. The van der Waals surface area contributed by atoms with Crippen LogP contribution < -0.4 is 10.6 Å². The molecule has 1 aliphatic carbocycles. The van der Waals surface area contributed by atoms with Crippen LogP contribution in [0.4, 0.5) is 9.59 Å². The Labute approximate surface area is 349 Å². The number of H-pyrrole nitrogens is 2. The average Bonchev–Trinajstić information content (AvgIpc) is 4.12. The topological polar surface area (TPSA) is 175 Å². The molecule has 6 atom stereocenters. The number of alkyl carbamates (subject to hydrolysis) is 2. The third-order valence-electron chi connectivity index (χ3n) is 12.6. The quantitative estimate of drug-likeness (QED) is 0.105. The van der Waals surface area contributed by atoms with E-state index in [2.05, 4.69) is 81.3 Å². The number of nitrogens with one attached hydrogen (secondary N) is 4. The van der Waals surface area contributed by atoms with Gasteiger partial charge in [-0.05, 0) is 89.5 Å². The number of carbonyl (C=O) groups excluding carboxylic acids is 4. The van der Waals surface area contributed by atoms with Crippen molar-refractivity contribution in [1.82, 2.24) is 40.4 Å². The van der Waals surface area contributed by atoms with Gasteiger partial charge in [-0.15, -0.1) is 0 Å². The first kappa shape index (κ1) is 40.6. The van der Waals surface area contributed by atoms with Gasteiger partial charge in [-0.25, -0.2) is 19.6 Å². The van der Waals surface area contributed by atoms with Gasteiger partial charge in [0, 0.05) is 18.2 Å². The van der Waals surface area contributed by atoms with Crippen molar-refractivity contribution in [2.24, 2.45) is 17.8 Å². The van der Waals surface area contributed by atoms with Gasteiger partial charge in [-0.3, -0.25) is 9.59 Å². The van der Waals surface area contributed by atoms with Crippen molar-refractivity contribution in [2.75, 3.05) is 20.8 Å². The molecule has 0 radical (unpaired) electrons. The molecule has 3 aromatic carbocycles. The Bertz CT molecular complexity index is 2390. The maximum Gasteiger partial charge on any atom is 0.407 e. The third-order valence-corrected chi connectivity index (χ3v) is 12.6. The third kappa shape index (κ3) is 7.82. The lowest BCUT2D eigenvalue weighted by molar-refractivity contribution is -0.139. The molecular weight excluding hydrogens is 761 g/mol. The number of rotatable bonds is 11. The van der Waals surface area contributed by atoms with E-state index in [1.807, 2.05) is 49.9 Å². The van der Waals surface area contributed by atoms with Gasteiger partial charge in [0.15, 0.2) is 0 Å². The van der Waals surface area contributed by atoms with Crippen molar-refractivity contribution in [3.8, 4) is 33.6 Å². The monoisotopic (exact) mass is 814 g/mol. The van der Waals surface area contributed by atoms with E-state index in [-0.39, 0.29) is 41.8 Å². The highest BCUT2D eigenvalue weighted by molar-refractivity contribution is 5.91. The van der Waals surface area contributed by atoms with E-state index in [1.54, 1.807) is 0 Å². The van der Waals surface area contributed by atoms with Gasteiger partial charge < -0.3 is 39.9 Å². The van der Waals surface area contributed by atoms with Gasteiger partial charge in [0.05, 0.1) is 50.1 Å². The van der Waals surface area contributed by atoms with Crippen LogP contribution in [-0.4, -0.2) is 92.6 Å². The van der Waals surface area contributed by atoms with Crippen molar-refractivity contribution >= 4 is 34.8 Å². The maximum atomic E-state index is 14.0. The number of nitrogens with zero attached hydrogens (tertiary/aromatic N) is 4. The second kappa shape index (κ2) is 16.8. The summed E-state index contributed by atoms with van der Waals surface area (Å²) < 4.78 is 9.60. The summed E-state index contributed by atoms with van der Waals surface area (Å²) in [5.74, 6) is 1.38. The number of amides is 4. The molecule has 60 heavy (non-hydrogen) atoms. The lowest BCUT2D eigenvalue weighted by atomic mass is 9.95. The van der Waals surface area contributed by atoms with Gasteiger partial charge in [-0.1, -0.05) is 76.2 Å². The van der Waals surface area contributed by atoms with Gasteiger partial charge in [0.1, 0.15) is 23.7 Å². The number of aromatic nitrogens is 4. The van der Waals surface area contributed by atoms with E-state index >= 15 is 0 Å². The predicted molar refractivity (Wildman–Crippen MR) is 227 cm³/mol. The molecule has 1 unspecified atom stereocenters. The molecule has 14 nitrogen and oxygen atoms in total. The fourth-order valence-corrected chi connectivity index (χ4v) is 9.43. The van der Waals surface area contributed by atoms with Crippen LogP contribution in [0.5, 0.6) is 0 Å². The largest absolute Gasteiger partial charge is 0.453 e. The predicted octanol–water partition coefficient (Wildman–Crippen LogP) is 7.76. The normalized spacial score (nSPS) is 20.8. The molecule has 3 aliphatic rings. The summed E-state index contributed by atoms with van der Waals surface area (Å²) >= 11 is 0. The molecule has 3 fully saturated rings. The number of fused-ring (bicyclic) bond motifs is 3. The van der Waals surface area contributed by atoms with Crippen molar-refractivity contribution in [3.63, 3.8) is 0 Å². The number of hydrogen-bond acceptors (Lipinski definition) is 8. The summed E-state index contributed by atoms with van der Waals surface area (Å²) in [6, 6.07) is 19.6. The van der Waals surface area contributed by atoms with Crippen LogP contribution in [0.15, 0.2) is 73.1 Å². The molecule has 4 amide bonds. The molecule has 14 heteroatoms. The molecule has 1 saturated carbocycles. The van der Waals surface area contributed by atoms with E-state index in [1.165, 1.54) is 14.2 Å². The standard InChI is InChI=1S/C46H54N8O6/c1-25(2)38(51-45(57)59-5)43(55)53-19-7-8-37(53)41-47-23-35(49-41)28-11-9-27(10-12-28)29-13-14-31-21-32(16-15-30(31)20-29)36-24-48-42(50-36)40-33-17-18-34(22-33)54(40)44(56)39(26(3)4)52-46(58)60-6/h9-16,20-21,23-26,33-34,37-40H,7-8,17-19,22H2,1-6H3,(H,47,49)(H,48,50)(H,51,57)(H,52,58)/t33-,34+,37-,38-,39-,40?/m0/s1. The lowest BCUT2D eigenvalue weighted by Crippen LogP contribution is -2.54. The molecule has 2 aromatic heterocycles. The van der Waals surface area contributed by atoms with Crippen LogP contribution >= 0.6 is 0 Å². The first-order valence-electron chi connectivity index (χ1n) is 21.0. The van der Waals surface area contributed by atoms with Gasteiger partial charge >= 0.3 is 12.2 Å². The minimum atomic E-state index is -0.687. The molecule has 0 spiro atoms. The van der Waals surface area contributed by atoms with Crippen LogP contribution in [0.3, 0.4) is 0 Å². The fraction of sp³-hybridized carbons (Fsp3) is 0.435. The van der Waals surface area contributed by atoms with Gasteiger partial charge in [0.2, 0.25) is 11.8 Å². The number of ether oxygens (including phenoxy) is 2. The Morgan fingerprint density at radius 2 is 1.23 bits per heavy atom. The second-order valence-electron chi connectivity index (χ2n) is 17.0. The zero-order valence-corrected chi connectivity index (χ0v) is 35.0. The summed E-state index contributed by atoms with van der Waals surface area (Å²) in [6.45, 7) is 8.27. The number of hydrogen-bond donors (Lipinski definition) is 4. The number of aromatic amines is 2. The van der Waals surface area contributed by atoms with Crippen LogP contribution in [0.2, 0.25) is 0 Å². The van der Waals surface area contributed by atoms with E-state index in [9.17, 15) is 19.2 Å². The number of imidazole rings is 2. The summed E-state index contributed by atoms with van der Waals surface area (Å²) in [5.41, 5.74) is 5.93. The summed E-state index contributed by atoms with van der Waals surface area (Å²) in [4.78, 5) is 72.0. The number of carbonyl (C=O) groups is 4. The molecule has 5 aromatic rings. The zero-order valence-electron chi connectivity index (χ0n) is 35.0. The fourth-order valence-electron chi connectivity index (χ4n) is 9.43. The number of likely N-dealkylation sites (tertiary alicyclic amines) is 2. The zero-order chi connectivity index (χ0) is 42.2.